The molecule has 1 N–H and O–H groups in total. The molecule has 0 spiro atoms. The van der Waals surface area contributed by atoms with E-state index >= 15 is 0 Å². The first-order valence-corrected chi connectivity index (χ1v) is 7.74. The van der Waals surface area contributed by atoms with Gasteiger partial charge in [0.15, 0.2) is 0 Å². The zero-order chi connectivity index (χ0) is 17.3. The number of methoxy groups -OCH3 is 1. The van der Waals surface area contributed by atoms with Crippen LogP contribution in [0.1, 0.15) is 18.5 Å². The summed E-state index contributed by atoms with van der Waals surface area (Å²) in [5.74, 6) is -0.192. The number of aromatic nitrogens is 3. The molecule has 0 saturated carbocycles. The molecule has 2 aromatic rings. The fraction of sp³-hybridized carbons (Fsp3) is 0.353. The van der Waals surface area contributed by atoms with Gasteiger partial charge in [-0.2, -0.15) is 10.1 Å². The van der Waals surface area contributed by atoms with Crippen LogP contribution in [0.2, 0.25) is 0 Å². The maximum atomic E-state index is 12.5. The highest BCUT2D eigenvalue weighted by atomic mass is 16.5. The zero-order valence-electron chi connectivity index (χ0n) is 14.2. The molecule has 1 aliphatic rings. The van der Waals surface area contributed by atoms with Gasteiger partial charge in [0.25, 0.3) is 0 Å². The Balaban J connectivity index is 2.11. The van der Waals surface area contributed by atoms with Crippen molar-refractivity contribution < 1.29 is 9.53 Å². The maximum absolute atomic E-state index is 12.5. The largest absolute Gasteiger partial charge is 0.468 e. The topological polar surface area (TPSA) is 72.3 Å². The maximum Gasteiger partial charge on any atom is 0.317 e. The van der Waals surface area contributed by atoms with Gasteiger partial charge in [-0.1, -0.05) is 18.2 Å². The van der Waals surface area contributed by atoms with Crippen molar-refractivity contribution in [3.8, 4) is 0 Å². The number of rotatable bonds is 3. The standard InChI is InChI=1S/C17H21N5O2/c1-5-13-14(16(23)24-4)15(22-17(20-13)18-10-19-22)11-6-8-12(9-7-11)21(2)3/h5-10,14-15H,1-4H3,(H,18,19,20)/b13-5+/t14-,15+/m0/s1. The second kappa shape index (κ2) is 6.35. The number of allylic oxidation sites excluding steroid dienone is 1. The molecule has 0 aliphatic carbocycles. The first-order valence-electron chi connectivity index (χ1n) is 7.74. The van der Waals surface area contributed by atoms with Gasteiger partial charge in [0.2, 0.25) is 5.95 Å². The van der Waals surface area contributed by atoms with Crippen LogP contribution in [0.15, 0.2) is 42.4 Å². The molecule has 2 heterocycles. The summed E-state index contributed by atoms with van der Waals surface area (Å²) in [5, 5.41) is 7.47. The summed E-state index contributed by atoms with van der Waals surface area (Å²) >= 11 is 0. The number of carbonyl (C=O) groups is 1. The Hall–Kier alpha value is -2.83. The van der Waals surface area contributed by atoms with Gasteiger partial charge in [-0.25, -0.2) is 4.68 Å². The molecule has 1 aliphatic heterocycles. The SMILES string of the molecule is C/C=C1/Nc2ncnn2[C@H](c2ccc(N(C)C)cc2)[C@H]1C(=O)OC. The molecule has 7 heteroatoms. The first-order chi connectivity index (χ1) is 11.6. The van der Waals surface area contributed by atoms with E-state index in [-0.39, 0.29) is 12.0 Å². The molecular weight excluding hydrogens is 306 g/mol. The quantitative estimate of drug-likeness (QED) is 0.870. The van der Waals surface area contributed by atoms with Crippen molar-refractivity contribution in [2.45, 2.75) is 13.0 Å². The highest BCUT2D eigenvalue weighted by molar-refractivity contribution is 5.79. The lowest BCUT2D eigenvalue weighted by molar-refractivity contribution is -0.145. The molecule has 0 radical (unpaired) electrons. The minimum absolute atomic E-state index is 0.307. The van der Waals surface area contributed by atoms with Crippen molar-refractivity contribution in [1.82, 2.24) is 14.8 Å². The Labute approximate surface area is 140 Å². The van der Waals surface area contributed by atoms with Gasteiger partial charge < -0.3 is 15.0 Å². The normalized spacial score (nSPS) is 21.1. The number of hydrogen-bond acceptors (Lipinski definition) is 6. The van der Waals surface area contributed by atoms with Gasteiger partial charge >= 0.3 is 5.97 Å². The molecule has 0 unspecified atom stereocenters. The van der Waals surface area contributed by atoms with E-state index in [1.165, 1.54) is 13.4 Å². The highest BCUT2D eigenvalue weighted by Gasteiger charge is 2.40. The average molecular weight is 327 g/mol. The molecule has 1 aromatic carbocycles. The number of fused-ring (bicyclic) bond motifs is 1. The molecule has 0 fully saturated rings. The first kappa shape index (κ1) is 16.0. The van der Waals surface area contributed by atoms with Crippen LogP contribution in [-0.2, 0) is 9.53 Å². The van der Waals surface area contributed by atoms with Gasteiger partial charge in [0, 0.05) is 25.5 Å². The van der Waals surface area contributed by atoms with E-state index < -0.39 is 5.92 Å². The van der Waals surface area contributed by atoms with Crippen LogP contribution in [-0.4, -0.2) is 41.9 Å². The van der Waals surface area contributed by atoms with Crippen LogP contribution in [0.3, 0.4) is 0 Å². The summed E-state index contributed by atoms with van der Waals surface area (Å²) in [4.78, 5) is 18.7. The molecule has 24 heavy (non-hydrogen) atoms. The number of nitrogens with one attached hydrogen (secondary N) is 1. The van der Waals surface area contributed by atoms with Crippen LogP contribution in [0, 0.1) is 5.92 Å². The number of benzene rings is 1. The molecular formula is C17H21N5O2. The molecule has 7 nitrogen and oxygen atoms in total. The highest BCUT2D eigenvalue weighted by Crippen LogP contribution is 2.38. The second-order valence-electron chi connectivity index (χ2n) is 5.83. The average Bonchev–Trinajstić information content (AvgIpc) is 3.07. The van der Waals surface area contributed by atoms with Crippen molar-refractivity contribution in [3.63, 3.8) is 0 Å². The van der Waals surface area contributed by atoms with Crippen LogP contribution in [0.25, 0.3) is 0 Å². The lowest BCUT2D eigenvalue weighted by atomic mass is 9.88. The third-order valence-corrected chi connectivity index (χ3v) is 4.26. The molecule has 3 rings (SSSR count). The summed E-state index contributed by atoms with van der Waals surface area (Å²) in [6.45, 7) is 1.89. The Bertz CT molecular complexity index is 764. The van der Waals surface area contributed by atoms with Gasteiger partial charge in [0.05, 0.1) is 13.2 Å². The third kappa shape index (κ3) is 2.62. The Kier molecular flexibility index (Phi) is 4.24. The number of nitrogens with zero attached hydrogens (tertiary/aromatic N) is 4. The molecule has 126 valence electrons. The van der Waals surface area contributed by atoms with Crippen LogP contribution >= 0.6 is 0 Å². The van der Waals surface area contributed by atoms with Gasteiger partial charge in [-0.15, -0.1) is 0 Å². The Morgan fingerprint density at radius 2 is 2.04 bits per heavy atom. The van der Waals surface area contributed by atoms with E-state index in [4.69, 9.17) is 4.74 Å². The number of carbonyl (C=O) groups excluding carboxylic acids is 1. The van der Waals surface area contributed by atoms with E-state index in [2.05, 4.69) is 15.4 Å². The lowest BCUT2D eigenvalue weighted by Gasteiger charge is -2.33. The predicted molar refractivity (Wildman–Crippen MR) is 91.8 cm³/mol. The van der Waals surface area contributed by atoms with Gasteiger partial charge in [-0.3, -0.25) is 4.79 Å². The van der Waals surface area contributed by atoms with Gasteiger partial charge in [0.1, 0.15) is 12.2 Å². The monoisotopic (exact) mass is 327 g/mol. The minimum atomic E-state index is -0.501. The van der Waals surface area contributed by atoms with Crippen LogP contribution < -0.4 is 10.2 Å². The molecule has 0 amide bonds. The second-order valence-corrected chi connectivity index (χ2v) is 5.83. The summed E-state index contributed by atoms with van der Waals surface area (Å²) < 4.78 is 6.77. The van der Waals surface area contributed by atoms with E-state index in [9.17, 15) is 4.79 Å². The number of hydrogen-bond donors (Lipinski definition) is 1. The van der Waals surface area contributed by atoms with E-state index in [0.717, 1.165) is 16.9 Å². The Morgan fingerprint density at radius 3 is 2.62 bits per heavy atom. The smallest absolute Gasteiger partial charge is 0.317 e. The summed E-state index contributed by atoms with van der Waals surface area (Å²) in [5.41, 5.74) is 2.83. The van der Waals surface area contributed by atoms with E-state index in [0.29, 0.717) is 5.95 Å². The number of ether oxygens (including phenoxy) is 1. The molecule has 0 saturated heterocycles. The van der Waals surface area contributed by atoms with Crippen molar-refractivity contribution >= 4 is 17.6 Å². The predicted octanol–water partition coefficient (Wildman–Crippen LogP) is 2.05. The van der Waals surface area contributed by atoms with Crippen LogP contribution in [0.5, 0.6) is 0 Å². The Morgan fingerprint density at radius 1 is 1.33 bits per heavy atom. The van der Waals surface area contributed by atoms with Crippen molar-refractivity contribution in [2.24, 2.45) is 5.92 Å². The summed E-state index contributed by atoms with van der Waals surface area (Å²) in [6.07, 6.45) is 3.36. The van der Waals surface area contributed by atoms with Crippen molar-refractivity contribution in [2.75, 3.05) is 31.4 Å². The number of anilines is 2. The molecule has 0 bridgehead atoms. The third-order valence-electron chi connectivity index (χ3n) is 4.26. The summed E-state index contributed by atoms with van der Waals surface area (Å²) in [7, 11) is 5.38. The lowest BCUT2D eigenvalue weighted by Crippen LogP contribution is -2.37. The van der Waals surface area contributed by atoms with E-state index in [1.807, 2.05) is 56.3 Å². The molecule has 1 aromatic heterocycles. The van der Waals surface area contributed by atoms with Crippen LogP contribution in [0.4, 0.5) is 11.6 Å². The number of esters is 1. The van der Waals surface area contributed by atoms with Crippen molar-refractivity contribution in [3.05, 3.63) is 47.9 Å². The fourth-order valence-corrected chi connectivity index (χ4v) is 3.00. The van der Waals surface area contributed by atoms with Crippen molar-refractivity contribution in [1.29, 1.82) is 0 Å². The summed E-state index contributed by atoms with van der Waals surface area (Å²) in [6, 6.07) is 7.77. The zero-order valence-corrected chi connectivity index (χ0v) is 14.2. The molecule has 2 atom stereocenters. The van der Waals surface area contributed by atoms with E-state index in [1.54, 1.807) is 4.68 Å². The minimum Gasteiger partial charge on any atom is -0.468 e. The fourth-order valence-electron chi connectivity index (χ4n) is 3.00. The van der Waals surface area contributed by atoms with Gasteiger partial charge in [-0.05, 0) is 24.6 Å².